The number of aromatic nitrogens is 2. The van der Waals surface area contributed by atoms with Gasteiger partial charge in [0.15, 0.2) is 0 Å². The second-order valence-electron chi connectivity index (χ2n) is 3.68. The van der Waals surface area contributed by atoms with Gasteiger partial charge in [0.05, 0.1) is 4.47 Å². The van der Waals surface area contributed by atoms with Crippen molar-refractivity contribution in [1.29, 1.82) is 0 Å². The number of halogens is 1. The first-order valence-electron chi connectivity index (χ1n) is 4.84. The zero-order valence-electron chi connectivity index (χ0n) is 8.23. The lowest BCUT2D eigenvalue weighted by Gasteiger charge is -2.18. The van der Waals surface area contributed by atoms with Gasteiger partial charge in [-0.1, -0.05) is 0 Å². The summed E-state index contributed by atoms with van der Waals surface area (Å²) in [6.07, 6.45) is 2.65. The molecule has 0 bridgehead atoms. The summed E-state index contributed by atoms with van der Waals surface area (Å²) in [5.41, 5.74) is 5.54. The maximum atomic E-state index is 9.06. The molecule has 6 heteroatoms. The standard InChI is InChI=1S/C9H13BrN4O/c10-7-3-12-9(11)13-8(7)14-2-1-6(4-14)5-15/h3,6,15H,1-2,4-5H2,(H2,11,12,13). The Morgan fingerprint density at radius 2 is 2.47 bits per heavy atom. The largest absolute Gasteiger partial charge is 0.396 e. The lowest BCUT2D eigenvalue weighted by Crippen LogP contribution is -2.22. The summed E-state index contributed by atoms with van der Waals surface area (Å²) in [4.78, 5) is 10.2. The van der Waals surface area contributed by atoms with E-state index in [1.807, 2.05) is 0 Å². The van der Waals surface area contributed by atoms with Crippen LogP contribution in [0.25, 0.3) is 0 Å². The molecule has 2 heterocycles. The van der Waals surface area contributed by atoms with Crippen LogP contribution in [0.3, 0.4) is 0 Å². The molecule has 0 aromatic carbocycles. The Morgan fingerprint density at radius 3 is 3.13 bits per heavy atom. The summed E-state index contributed by atoms with van der Waals surface area (Å²) in [7, 11) is 0. The van der Waals surface area contributed by atoms with Gasteiger partial charge in [-0.15, -0.1) is 0 Å². The number of hydrogen-bond acceptors (Lipinski definition) is 5. The van der Waals surface area contributed by atoms with Crippen molar-refractivity contribution in [3.8, 4) is 0 Å². The molecule has 1 atom stereocenters. The van der Waals surface area contributed by atoms with Crippen molar-refractivity contribution in [1.82, 2.24) is 9.97 Å². The van der Waals surface area contributed by atoms with Gasteiger partial charge in [0.1, 0.15) is 5.82 Å². The van der Waals surface area contributed by atoms with E-state index >= 15 is 0 Å². The Balaban J connectivity index is 2.19. The van der Waals surface area contributed by atoms with Crippen LogP contribution in [0.15, 0.2) is 10.7 Å². The van der Waals surface area contributed by atoms with Gasteiger partial charge >= 0.3 is 0 Å². The SMILES string of the molecule is Nc1ncc(Br)c(N2CCC(CO)C2)n1. The predicted molar refractivity (Wildman–Crippen MR) is 61.6 cm³/mol. The zero-order valence-corrected chi connectivity index (χ0v) is 9.81. The second-order valence-corrected chi connectivity index (χ2v) is 4.54. The van der Waals surface area contributed by atoms with Gasteiger partial charge in [-0.2, -0.15) is 4.98 Å². The van der Waals surface area contributed by atoms with E-state index in [0.717, 1.165) is 29.8 Å². The van der Waals surface area contributed by atoms with Crippen LogP contribution in [0.2, 0.25) is 0 Å². The van der Waals surface area contributed by atoms with Crippen LogP contribution < -0.4 is 10.6 Å². The Morgan fingerprint density at radius 1 is 1.67 bits per heavy atom. The summed E-state index contributed by atoms with van der Waals surface area (Å²) >= 11 is 3.40. The van der Waals surface area contributed by atoms with E-state index in [0.29, 0.717) is 5.92 Å². The van der Waals surface area contributed by atoms with Crippen molar-refractivity contribution in [2.24, 2.45) is 5.92 Å². The topological polar surface area (TPSA) is 75.3 Å². The lowest BCUT2D eigenvalue weighted by atomic mass is 10.1. The molecule has 0 spiro atoms. The molecule has 1 aromatic rings. The molecule has 1 aliphatic rings. The molecule has 1 fully saturated rings. The summed E-state index contributed by atoms with van der Waals surface area (Å²) < 4.78 is 0.843. The van der Waals surface area contributed by atoms with E-state index in [2.05, 4.69) is 30.8 Å². The fourth-order valence-electron chi connectivity index (χ4n) is 1.77. The number of hydrogen-bond donors (Lipinski definition) is 2. The van der Waals surface area contributed by atoms with Crippen molar-refractivity contribution in [3.63, 3.8) is 0 Å². The summed E-state index contributed by atoms with van der Waals surface area (Å²) in [6, 6.07) is 0. The third kappa shape index (κ3) is 2.21. The zero-order chi connectivity index (χ0) is 10.8. The molecule has 2 rings (SSSR count). The molecule has 1 saturated heterocycles. The molecule has 0 saturated carbocycles. The summed E-state index contributed by atoms with van der Waals surface area (Å²) in [5, 5.41) is 9.06. The molecule has 0 amide bonds. The van der Waals surface area contributed by atoms with E-state index in [-0.39, 0.29) is 12.6 Å². The Bertz CT molecular complexity index is 360. The number of aliphatic hydroxyl groups is 1. The third-order valence-electron chi connectivity index (χ3n) is 2.59. The van der Waals surface area contributed by atoms with E-state index in [1.165, 1.54) is 0 Å². The first-order chi connectivity index (χ1) is 7.20. The Labute approximate surface area is 96.5 Å². The minimum Gasteiger partial charge on any atom is -0.396 e. The Hall–Kier alpha value is -0.880. The van der Waals surface area contributed by atoms with Gasteiger partial charge < -0.3 is 15.7 Å². The second kappa shape index (κ2) is 4.32. The highest BCUT2D eigenvalue weighted by Gasteiger charge is 2.24. The molecule has 1 aromatic heterocycles. The monoisotopic (exact) mass is 272 g/mol. The molecule has 15 heavy (non-hydrogen) atoms. The minimum atomic E-state index is 0.231. The van der Waals surface area contributed by atoms with Gasteiger partial charge in [-0.3, -0.25) is 0 Å². The lowest BCUT2D eigenvalue weighted by molar-refractivity contribution is 0.238. The van der Waals surface area contributed by atoms with Gasteiger partial charge in [-0.05, 0) is 22.4 Å². The predicted octanol–water partition coefficient (Wildman–Crippen LogP) is 0.640. The number of nitrogen functional groups attached to an aromatic ring is 1. The first-order valence-corrected chi connectivity index (χ1v) is 5.64. The van der Waals surface area contributed by atoms with Crippen LogP contribution in [-0.2, 0) is 0 Å². The molecule has 82 valence electrons. The normalized spacial score (nSPS) is 20.9. The van der Waals surface area contributed by atoms with E-state index < -0.39 is 0 Å². The maximum absolute atomic E-state index is 9.06. The molecule has 0 radical (unpaired) electrons. The Kier molecular flexibility index (Phi) is 3.06. The average molecular weight is 273 g/mol. The van der Waals surface area contributed by atoms with Crippen molar-refractivity contribution >= 4 is 27.7 Å². The van der Waals surface area contributed by atoms with Gasteiger partial charge in [0.2, 0.25) is 5.95 Å². The molecule has 1 aliphatic heterocycles. The minimum absolute atomic E-state index is 0.231. The van der Waals surface area contributed by atoms with Gasteiger partial charge in [-0.25, -0.2) is 4.98 Å². The van der Waals surface area contributed by atoms with E-state index in [1.54, 1.807) is 6.20 Å². The highest BCUT2D eigenvalue weighted by molar-refractivity contribution is 9.10. The summed E-state index contributed by atoms with van der Waals surface area (Å²) in [6.45, 7) is 1.96. The highest BCUT2D eigenvalue weighted by atomic mass is 79.9. The van der Waals surface area contributed by atoms with Crippen molar-refractivity contribution in [2.75, 3.05) is 30.3 Å². The highest BCUT2D eigenvalue weighted by Crippen LogP contribution is 2.28. The molecule has 1 unspecified atom stereocenters. The van der Waals surface area contributed by atoms with Gasteiger partial charge in [0.25, 0.3) is 0 Å². The van der Waals surface area contributed by atoms with Crippen molar-refractivity contribution in [2.45, 2.75) is 6.42 Å². The number of nitrogens with zero attached hydrogens (tertiary/aromatic N) is 3. The van der Waals surface area contributed by atoms with Crippen LogP contribution in [0.5, 0.6) is 0 Å². The molecular weight excluding hydrogens is 260 g/mol. The number of rotatable bonds is 2. The van der Waals surface area contributed by atoms with E-state index in [4.69, 9.17) is 10.8 Å². The number of nitrogens with two attached hydrogens (primary N) is 1. The van der Waals surface area contributed by atoms with Crippen LogP contribution >= 0.6 is 15.9 Å². The summed E-state index contributed by atoms with van der Waals surface area (Å²) in [5.74, 6) is 1.44. The maximum Gasteiger partial charge on any atom is 0.222 e. The third-order valence-corrected chi connectivity index (χ3v) is 3.15. The first kappa shape index (κ1) is 10.6. The average Bonchev–Trinajstić information content (AvgIpc) is 2.70. The molecular formula is C9H13BrN4O. The smallest absolute Gasteiger partial charge is 0.222 e. The molecule has 3 N–H and O–H groups in total. The van der Waals surface area contributed by atoms with Crippen molar-refractivity contribution in [3.05, 3.63) is 10.7 Å². The van der Waals surface area contributed by atoms with Gasteiger partial charge in [0, 0.05) is 31.8 Å². The number of aliphatic hydroxyl groups excluding tert-OH is 1. The van der Waals surface area contributed by atoms with Crippen molar-refractivity contribution < 1.29 is 5.11 Å². The number of anilines is 2. The molecule has 0 aliphatic carbocycles. The van der Waals surface area contributed by atoms with Crippen LogP contribution in [0.1, 0.15) is 6.42 Å². The quantitative estimate of drug-likeness (QED) is 0.827. The molecule has 5 nitrogen and oxygen atoms in total. The van der Waals surface area contributed by atoms with Crippen LogP contribution in [-0.4, -0.2) is 34.8 Å². The van der Waals surface area contributed by atoms with E-state index in [9.17, 15) is 0 Å². The fraction of sp³-hybridized carbons (Fsp3) is 0.556. The van der Waals surface area contributed by atoms with Crippen LogP contribution in [0, 0.1) is 5.92 Å². The fourth-order valence-corrected chi connectivity index (χ4v) is 2.21. The van der Waals surface area contributed by atoms with Crippen LogP contribution in [0.4, 0.5) is 11.8 Å².